The molecular formula is C33H34N4O7S. The number of sulfonamides is 1. The molecule has 0 heterocycles. The van der Waals surface area contributed by atoms with Crippen molar-refractivity contribution in [3.8, 4) is 17.2 Å². The van der Waals surface area contributed by atoms with Crippen LogP contribution >= 0.6 is 0 Å². The first kappa shape index (κ1) is 32.6. The Morgan fingerprint density at radius 1 is 0.844 bits per heavy atom. The van der Waals surface area contributed by atoms with Gasteiger partial charge in [-0.05, 0) is 66.6 Å². The van der Waals surface area contributed by atoms with Crippen LogP contribution in [0, 0.1) is 0 Å². The fraction of sp³-hybridized carbons (Fsp3) is 0.182. The van der Waals surface area contributed by atoms with Gasteiger partial charge in [0.1, 0.15) is 23.8 Å². The molecule has 4 aromatic carbocycles. The predicted molar refractivity (Wildman–Crippen MR) is 171 cm³/mol. The summed E-state index contributed by atoms with van der Waals surface area (Å²) < 4.78 is 44.5. The number of carbonyl (C=O) groups is 2. The first-order valence-electron chi connectivity index (χ1n) is 13.9. The van der Waals surface area contributed by atoms with Crippen molar-refractivity contribution in [3.05, 3.63) is 114 Å². The number of carbonyl (C=O) groups excluding carboxylic acids is 2. The van der Waals surface area contributed by atoms with Crippen LogP contribution in [0.2, 0.25) is 0 Å². The summed E-state index contributed by atoms with van der Waals surface area (Å²) >= 11 is 0. The number of hydrazone groups is 1. The molecule has 0 aliphatic rings. The van der Waals surface area contributed by atoms with Crippen LogP contribution in [0.1, 0.15) is 24.1 Å². The summed E-state index contributed by atoms with van der Waals surface area (Å²) in [6, 6.07) is 28.6. The minimum atomic E-state index is -4.18. The summed E-state index contributed by atoms with van der Waals surface area (Å²) in [7, 11) is -1.32. The molecule has 0 spiro atoms. The molecule has 4 aromatic rings. The molecule has 0 radical (unpaired) electrons. The van der Waals surface area contributed by atoms with Crippen molar-refractivity contribution < 1.29 is 32.2 Å². The lowest BCUT2D eigenvalue weighted by Gasteiger charge is -2.25. The molecule has 12 heteroatoms. The molecule has 0 unspecified atom stereocenters. The number of anilines is 1. The van der Waals surface area contributed by atoms with Gasteiger partial charge >= 0.3 is 0 Å². The highest BCUT2D eigenvalue weighted by molar-refractivity contribution is 7.92. The first-order valence-corrected chi connectivity index (χ1v) is 15.3. The SMILES string of the molecule is COc1ccc(OC)c(N(CC(=O)N/N=C\c2ccc(OCC(=O)N[C@H](C)c3ccccc3)cc2)S(=O)(=O)c2ccccc2)c1. The normalized spacial score (nSPS) is 11.8. The Balaban J connectivity index is 1.38. The quantitative estimate of drug-likeness (QED) is 0.157. The molecular weight excluding hydrogens is 596 g/mol. The van der Waals surface area contributed by atoms with Gasteiger partial charge in [0.05, 0.1) is 37.1 Å². The van der Waals surface area contributed by atoms with Crippen LogP contribution in [-0.2, 0) is 19.6 Å². The second-order valence-corrected chi connectivity index (χ2v) is 11.6. The van der Waals surface area contributed by atoms with Gasteiger partial charge in [-0.1, -0.05) is 48.5 Å². The molecule has 234 valence electrons. The lowest BCUT2D eigenvalue weighted by Crippen LogP contribution is -2.39. The highest BCUT2D eigenvalue weighted by atomic mass is 32.2. The number of rotatable bonds is 14. The van der Waals surface area contributed by atoms with Gasteiger partial charge < -0.3 is 19.5 Å². The fourth-order valence-corrected chi connectivity index (χ4v) is 5.71. The maximum Gasteiger partial charge on any atom is 0.264 e. The van der Waals surface area contributed by atoms with Crippen molar-refractivity contribution in [1.29, 1.82) is 0 Å². The summed E-state index contributed by atoms with van der Waals surface area (Å²) in [4.78, 5) is 25.3. The van der Waals surface area contributed by atoms with Crippen LogP contribution in [0.15, 0.2) is 113 Å². The van der Waals surface area contributed by atoms with Crippen LogP contribution in [0.3, 0.4) is 0 Å². The van der Waals surface area contributed by atoms with Crippen molar-refractivity contribution in [2.24, 2.45) is 5.10 Å². The van der Waals surface area contributed by atoms with Crippen LogP contribution in [0.25, 0.3) is 0 Å². The zero-order chi connectivity index (χ0) is 32.2. The third kappa shape index (κ3) is 8.83. The molecule has 1 atom stereocenters. The summed E-state index contributed by atoms with van der Waals surface area (Å²) in [5.41, 5.74) is 4.12. The first-order chi connectivity index (χ1) is 21.7. The molecule has 0 saturated carbocycles. The van der Waals surface area contributed by atoms with Crippen molar-refractivity contribution in [3.63, 3.8) is 0 Å². The maximum absolute atomic E-state index is 13.7. The minimum absolute atomic E-state index is 0.00308. The number of hydrogen-bond acceptors (Lipinski definition) is 8. The molecule has 0 aliphatic carbocycles. The third-order valence-corrected chi connectivity index (χ3v) is 8.38. The second-order valence-electron chi connectivity index (χ2n) is 9.71. The van der Waals surface area contributed by atoms with Crippen LogP contribution in [-0.4, -0.2) is 53.8 Å². The molecule has 11 nitrogen and oxygen atoms in total. The Hall–Kier alpha value is -5.36. The van der Waals surface area contributed by atoms with E-state index in [1.54, 1.807) is 54.6 Å². The number of amides is 2. The van der Waals surface area contributed by atoms with E-state index in [-0.39, 0.29) is 34.9 Å². The van der Waals surface area contributed by atoms with Gasteiger partial charge in [-0.3, -0.25) is 13.9 Å². The van der Waals surface area contributed by atoms with Gasteiger partial charge in [0.2, 0.25) is 0 Å². The van der Waals surface area contributed by atoms with Crippen LogP contribution in [0.5, 0.6) is 17.2 Å². The Morgan fingerprint density at radius 3 is 2.13 bits per heavy atom. The summed E-state index contributed by atoms with van der Waals surface area (Å²) in [6.07, 6.45) is 1.40. The van der Waals surface area contributed by atoms with Gasteiger partial charge in [0, 0.05) is 6.07 Å². The number of hydrogen-bond donors (Lipinski definition) is 2. The van der Waals surface area contributed by atoms with E-state index in [9.17, 15) is 18.0 Å². The van der Waals surface area contributed by atoms with Crippen molar-refractivity contribution >= 4 is 33.7 Å². The summed E-state index contributed by atoms with van der Waals surface area (Å²) in [5.74, 6) is 0.151. The van der Waals surface area contributed by atoms with E-state index >= 15 is 0 Å². The summed E-state index contributed by atoms with van der Waals surface area (Å²) in [5, 5.41) is 6.87. The van der Waals surface area contributed by atoms with Crippen LogP contribution < -0.4 is 29.3 Å². The van der Waals surface area contributed by atoms with Gasteiger partial charge in [-0.25, -0.2) is 13.8 Å². The minimum Gasteiger partial charge on any atom is -0.497 e. The van der Waals surface area contributed by atoms with Gasteiger partial charge in [-0.15, -0.1) is 0 Å². The largest absolute Gasteiger partial charge is 0.497 e. The second kappa shape index (κ2) is 15.4. The fourth-order valence-electron chi connectivity index (χ4n) is 4.26. The van der Waals surface area contributed by atoms with Crippen LogP contribution in [0.4, 0.5) is 5.69 Å². The smallest absolute Gasteiger partial charge is 0.264 e. The number of nitrogens with zero attached hydrogens (tertiary/aromatic N) is 2. The van der Waals surface area contributed by atoms with E-state index in [1.807, 2.05) is 37.3 Å². The van der Waals surface area contributed by atoms with E-state index in [4.69, 9.17) is 14.2 Å². The number of nitrogens with one attached hydrogen (secondary N) is 2. The Labute approximate surface area is 262 Å². The van der Waals surface area contributed by atoms with E-state index < -0.39 is 22.5 Å². The zero-order valence-electron chi connectivity index (χ0n) is 25.0. The van der Waals surface area contributed by atoms with Crippen molar-refractivity contribution in [2.45, 2.75) is 17.9 Å². The highest BCUT2D eigenvalue weighted by Gasteiger charge is 2.30. The predicted octanol–water partition coefficient (Wildman–Crippen LogP) is 4.31. The van der Waals surface area contributed by atoms with E-state index in [2.05, 4.69) is 15.8 Å². The maximum atomic E-state index is 13.7. The van der Waals surface area contributed by atoms with Crippen molar-refractivity contribution in [1.82, 2.24) is 10.7 Å². The number of methoxy groups -OCH3 is 2. The molecule has 0 fully saturated rings. The molecule has 4 rings (SSSR count). The average molecular weight is 631 g/mol. The van der Waals surface area contributed by atoms with Gasteiger partial charge in [-0.2, -0.15) is 5.10 Å². The molecule has 0 saturated heterocycles. The average Bonchev–Trinajstić information content (AvgIpc) is 3.07. The molecule has 0 aromatic heterocycles. The number of ether oxygens (including phenoxy) is 3. The van der Waals surface area contributed by atoms with E-state index in [1.165, 1.54) is 38.6 Å². The topological polar surface area (TPSA) is 136 Å². The van der Waals surface area contributed by atoms with Crippen molar-refractivity contribution in [2.75, 3.05) is 31.7 Å². The molecule has 0 aliphatic heterocycles. The van der Waals surface area contributed by atoms with Gasteiger partial charge in [0.15, 0.2) is 6.61 Å². The third-order valence-electron chi connectivity index (χ3n) is 6.60. The zero-order valence-corrected chi connectivity index (χ0v) is 25.9. The molecule has 2 N–H and O–H groups in total. The van der Waals surface area contributed by atoms with Gasteiger partial charge in [0.25, 0.3) is 21.8 Å². The molecule has 2 amide bonds. The standard InChI is InChI=1S/C33H34N4O7S/c1-24(26-10-6-4-7-11-26)35-33(39)23-44-27-16-14-25(15-17-27)21-34-36-32(38)22-37(45(40,41)29-12-8-5-9-13-29)30-20-28(42-2)18-19-31(30)43-3/h4-21,24H,22-23H2,1-3H3,(H,35,39)(H,36,38)/b34-21-/t24-/m1/s1. The molecule has 0 bridgehead atoms. The Kier molecular flexibility index (Phi) is 11.1. The Bertz CT molecular complexity index is 1720. The lowest BCUT2D eigenvalue weighted by molar-refractivity contribution is -0.123. The Morgan fingerprint density at radius 2 is 1.49 bits per heavy atom. The summed E-state index contributed by atoms with van der Waals surface area (Å²) in [6.45, 7) is 1.16. The number of benzene rings is 4. The molecule has 45 heavy (non-hydrogen) atoms. The van der Waals surface area contributed by atoms with E-state index in [0.29, 0.717) is 17.1 Å². The van der Waals surface area contributed by atoms with E-state index in [0.717, 1.165) is 9.87 Å². The lowest BCUT2D eigenvalue weighted by atomic mass is 10.1. The monoisotopic (exact) mass is 630 g/mol. The highest BCUT2D eigenvalue weighted by Crippen LogP contribution is 2.35.